The lowest BCUT2D eigenvalue weighted by atomic mass is 10.1. The largest absolute Gasteiger partial charge is 0.344 e. The first-order chi connectivity index (χ1) is 11.6. The van der Waals surface area contributed by atoms with Crippen molar-refractivity contribution in [3.63, 3.8) is 0 Å². The van der Waals surface area contributed by atoms with Crippen molar-refractivity contribution in [1.29, 1.82) is 0 Å². The number of rotatable bonds is 4. The number of hydrogen-bond donors (Lipinski definition) is 1. The van der Waals surface area contributed by atoms with E-state index >= 15 is 0 Å². The van der Waals surface area contributed by atoms with Crippen LogP contribution in [-0.4, -0.2) is 15.9 Å². The molecule has 5 heteroatoms. The maximum atomic E-state index is 13.3. The first kappa shape index (κ1) is 15.8. The quantitative estimate of drug-likeness (QED) is 0.796. The molecular formula is C19H16FN3O. The van der Waals surface area contributed by atoms with Crippen molar-refractivity contribution in [2.45, 2.75) is 13.0 Å². The number of hydrogen-bond acceptors (Lipinski definition) is 3. The first-order valence-corrected chi connectivity index (χ1v) is 7.57. The highest BCUT2D eigenvalue weighted by atomic mass is 19.1. The Morgan fingerprint density at radius 3 is 2.58 bits per heavy atom. The van der Waals surface area contributed by atoms with Crippen LogP contribution in [0.2, 0.25) is 0 Å². The van der Waals surface area contributed by atoms with Crippen molar-refractivity contribution >= 4 is 5.91 Å². The Morgan fingerprint density at radius 2 is 1.83 bits per heavy atom. The summed E-state index contributed by atoms with van der Waals surface area (Å²) in [6, 6.07) is 17.1. The number of nitrogens with one attached hydrogen (secondary N) is 1. The van der Waals surface area contributed by atoms with Crippen LogP contribution >= 0.6 is 0 Å². The molecule has 120 valence electrons. The highest BCUT2D eigenvalue weighted by molar-refractivity contribution is 5.93. The van der Waals surface area contributed by atoms with Gasteiger partial charge in [-0.1, -0.05) is 42.5 Å². The Balaban J connectivity index is 1.80. The lowest BCUT2D eigenvalue weighted by Gasteiger charge is -2.14. The van der Waals surface area contributed by atoms with Crippen LogP contribution in [0.4, 0.5) is 4.39 Å². The molecule has 24 heavy (non-hydrogen) atoms. The van der Waals surface area contributed by atoms with Gasteiger partial charge in [0.25, 0.3) is 5.91 Å². The third-order valence-corrected chi connectivity index (χ3v) is 3.67. The highest BCUT2D eigenvalue weighted by Gasteiger charge is 2.14. The van der Waals surface area contributed by atoms with Gasteiger partial charge in [0.2, 0.25) is 0 Å². The molecule has 0 aliphatic rings. The zero-order valence-electron chi connectivity index (χ0n) is 13.1. The second kappa shape index (κ2) is 7.00. The minimum atomic E-state index is -0.352. The van der Waals surface area contributed by atoms with Crippen LogP contribution in [0.3, 0.4) is 0 Å². The number of carbonyl (C=O) groups excluding carboxylic acids is 1. The molecule has 0 radical (unpaired) electrons. The Labute approximate surface area is 139 Å². The average Bonchev–Trinajstić information content (AvgIpc) is 2.62. The summed E-state index contributed by atoms with van der Waals surface area (Å²) in [4.78, 5) is 20.5. The van der Waals surface area contributed by atoms with Gasteiger partial charge < -0.3 is 5.32 Å². The van der Waals surface area contributed by atoms with Crippen molar-refractivity contribution in [1.82, 2.24) is 15.3 Å². The SMILES string of the molecule is CC(NC(=O)c1cc(-c2cccc(F)c2)ncn1)c1ccccc1. The Hall–Kier alpha value is -3.08. The van der Waals surface area contributed by atoms with E-state index in [2.05, 4.69) is 15.3 Å². The fraction of sp³-hybridized carbons (Fsp3) is 0.105. The Bertz CT molecular complexity index is 852. The van der Waals surface area contributed by atoms with Crippen LogP contribution in [0.15, 0.2) is 67.0 Å². The normalized spacial score (nSPS) is 11.8. The zero-order valence-corrected chi connectivity index (χ0v) is 13.1. The van der Waals surface area contributed by atoms with Gasteiger partial charge in [-0.3, -0.25) is 4.79 Å². The van der Waals surface area contributed by atoms with Crippen molar-refractivity contribution < 1.29 is 9.18 Å². The molecule has 0 saturated heterocycles. The molecule has 0 fully saturated rings. The highest BCUT2D eigenvalue weighted by Crippen LogP contribution is 2.18. The topological polar surface area (TPSA) is 54.9 Å². The van der Waals surface area contributed by atoms with Crippen LogP contribution < -0.4 is 5.32 Å². The smallest absolute Gasteiger partial charge is 0.270 e. The molecule has 2 aromatic carbocycles. The number of amides is 1. The fourth-order valence-corrected chi connectivity index (χ4v) is 2.38. The second-order valence-electron chi connectivity index (χ2n) is 5.40. The van der Waals surface area contributed by atoms with E-state index in [1.807, 2.05) is 37.3 Å². The molecule has 1 heterocycles. The summed E-state index contributed by atoms with van der Waals surface area (Å²) in [5.74, 6) is -0.652. The molecule has 3 aromatic rings. The molecule has 0 aliphatic heterocycles. The van der Waals surface area contributed by atoms with Crippen LogP contribution in [0, 0.1) is 5.82 Å². The number of halogens is 1. The third kappa shape index (κ3) is 3.63. The molecule has 1 aromatic heterocycles. The number of aromatic nitrogens is 2. The molecule has 0 spiro atoms. The predicted octanol–water partition coefficient (Wildman–Crippen LogP) is 3.77. The van der Waals surface area contributed by atoms with Gasteiger partial charge in [0.15, 0.2) is 0 Å². The molecular weight excluding hydrogens is 305 g/mol. The second-order valence-corrected chi connectivity index (χ2v) is 5.40. The van der Waals surface area contributed by atoms with E-state index in [1.54, 1.807) is 18.2 Å². The molecule has 0 bridgehead atoms. The van der Waals surface area contributed by atoms with Gasteiger partial charge in [0.1, 0.15) is 17.8 Å². The van der Waals surface area contributed by atoms with Gasteiger partial charge in [-0.15, -0.1) is 0 Å². The Morgan fingerprint density at radius 1 is 1.04 bits per heavy atom. The standard InChI is InChI=1S/C19H16FN3O/c1-13(14-6-3-2-4-7-14)23-19(24)18-11-17(21-12-22-18)15-8-5-9-16(20)10-15/h2-13H,1H3,(H,23,24). The minimum absolute atomic E-state index is 0.147. The van der Waals surface area contributed by atoms with Gasteiger partial charge in [0, 0.05) is 5.56 Å². The van der Waals surface area contributed by atoms with Gasteiger partial charge >= 0.3 is 0 Å². The number of benzene rings is 2. The molecule has 4 nitrogen and oxygen atoms in total. The van der Waals surface area contributed by atoms with Crippen LogP contribution in [0.5, 0.6) is 0 Å². The molecule has 0 aliphatic carbocycles. The van der Waals surface area contributed by atoms with Crippen LogP contribution in [0.25, 0.3) is 11.3 Å². The van der Waals surface area contributed by atoms with E-state index < -0.39 is 0 Å². The van der Waals surface area contributed by atoms with E-state index in [4.69, 9.17) is 0 Å². The van der Waals surface area contributed by atoms with Crippen molar-refractivity contribution in [3.8, 4) is 11.3 Å². The third-order valence-electron chi connectivity index (χ3n) is 3.67. The van der Waals surface area contributed by atoms with Gasteiger partial charge in [-0.2, -0.15) is 0 Å². The van der Waals surface area contributed by atoms with Crippen molar-refractivity contribution in [2.24, 2.45) is 0 Å². The first-order valence-electron chi connectivity index (χ1n) is 7.57. The summed E-state index contributed by atoms with van der Waals surface area (Å²) in [5.41, 5.74) is 2.35. The van der Waals surface area contributed by atoms with Gasteiger partial charge in [0.05, 0.1) is 11.7 Å². The number of nitrogens with zero attached hydrogens (tertiary/aromatic N) is 2. The lowest BCUT2D eigenvalue weighted by molar-refractivity contribution is 0.0934. The number of carbonyl (C=O) groups is 1. The molecule has 1 amide bonds. The maximum Gasteiger partial charge on any atom is 0.270 e. The summed E-state index contributed by atoms with van der Waals surface area (Å²) >= 11 is 0. The van der Waals surface area contributed by atoms with Gasteiger partial charge in [-0.25, -0.2) is 14.4 Å². The van der Waals surface area contributed by atoms with Crippen molar-refractivity contribution in [2.75, 3.05) is 0 Å². The van der Waals surface area contributed by atoms with E-state index in [9.17, 15) is 9.18 Å². The fourth-order valence-electron chi connectivity index (χ4n) is 2.38. The summed E-state index contributed by atoms with van der Waals surface area (Å²) in [7, 11) is 0. The molecule has 1 unspecified atom stereocenters. The van der Waals surface area contributed by atoms with E-state index in [0.717, 1.165) is 5.56 Å². The van der Waals surface area contributed by atoms with E-state index in [0.29, 0.717) is 11.3 Å². The minimum Gasteiger partial charge on any atom is -0.344 e. The summed E-state index contributed by atoms with van der Waals surface area (Å²) in [5, 5.41) is 2.90. The Kier molecular flexibility index (Phi) is 4.61. The molecule has 0 saturated carbocycles. The zero-order chi connectivity index (χ0) is 16.9. The summed E-state index contributed by atoms with van der Waals surface area (Å²) in [6.07, 6.45) is 1.31. The van der Waals surface area contributed by atoms with Gasteiger partial charge in [-0.05, 0) is 30.7 Å². The molecule has 1 N–H and O–H groups in total. The lowest BCUT2D eigenvalue weighted by Crippen LogP contribution is -2.27. The van der Waals surface area contributed by atoms with Crippen LogP contribution in [0.1, 0.15) is 29.0 Å². The predicted molar refractivity (Wildman–Crippen MR) is 89.7 cm³/mol. The summed E-state index contributed by atoms with van der Waals surface area (Å²) < 4.78 is 13.3. The van der Waals surface area contributed by atoms with Crippen molar-refractivity contribution in [3.05, 3.63) is 84.1 Å². The summed E-state index contributed by atoms with van der Waals surface area (Å²) in [6.45, 7) is 1.90. The maximum absolute atomic E-state index is 13.3. The van der Waals surface area contributed by atoms with Crippen LogP contribution in [-0.2, 0) is 0 Å². The van der Waals surface area contributed by atoms with E-state index in [-0.39, 0.29) is 23.5 Å². The van der Waals surface area contributed by atoms with E-state index in [1.165, 1.54) is 18.5 Å². The monoisotopic (exact) mass is 321 g/mol. The average molecular weight is 321 g/mol. The molecule has 1 atom stereocenters. The molecule has 3 rings (SSSR count).